The number of aromatic carboxylic acids is 1. The van der Waals surface area contributed by atoms with E-state index in [9.17, 15) is 4.79 Å². The molecule has 0 atom stereocenters. The van der Waals surface area contributed by atoms with Gasteiger partial charge in [0.05, 0.1) is 5.56 Å². The van der Waals surface area contributed by atoms with Crippen LogP contribution in [-0.2, 0) is 0 Å². The van der Waals surface area contributed by atoms with E-state index >= 15 is 0 Å². The van der Waals surface area contributed by atoms with Crippen LogP contribution in [0.1, 0.15) is 27.0 Å². The highest BCUT2D eigenvalue weighted by molar-refractivity contribution is 6.31. The number of carboxylic acids is 1. The molecule has 0 aliphatic heterocycles. The van der Waals surface area contributed by atoms with Gasteiger partial charge in [0.15, 0.2) is 0 Å². The molecule has 1 N–H and O–H groups in total. The van der Waals surface area contributed by atoms with Gasteiger partial charge in [-0.15, -0.1) is 0 Å². The fourth-order valence-corrected chi connectivity index (χ4v) is 2.33. The normalized spacial score (nSPS) is 10.5. The van der Waals surface area contributed by atoms with Crippen LogP contribution in [0.4, 0.5) is 0 Å². The molecule has 2 nitrogen and oxygen atoms in total. The van der Waals surface area contributed by atoms with Gasteiger partial charge < -0.3 is 5.11 Å². The Morgan fingerprint density at radius 1 is 0.947 bits per heavy atom. The predicted molar refractivity (Wildman–Crippen MR) is 78.1 cm³/mol. The van der Waals surface area contributed by atoms with Gasteiger partial charge in [-0.1, -0.05) is 17.7 Å². The molecule has 0 aromatic heterocycles. The summed E-state index contributed by atoms with van der Waals surface area (Å²) in [6, 6.07) is 9.10. The topological polar surface area (TPSA) is 37.3 Å². The number of rotatable bonds is 2. The van der Waals surface area contributed by atoms with E-state index in [0.717, 1.165) is 32.8 Å². The SMILES string of the molecule is Cc1cc(-c2cc(C(=O)O)ccc2C)c(C)cc1Cl. The molecule has 98 valence electrons. The maximum atomic E-state index is 11.1. The van der Waals surface area contributed by atoms with E-state index in [1.165, 1.54) is 0 Å². The van der Waals surface area contributed by atoms with Gasteiger partial charge in [0.1, 0.15) is 0 Å². The molecule has 0 unspecified atom stereocenters. The fraction of sp³-hybridized carbons (Fsp3) is 0.188. The van der Waals surface area contributed by atoms with Crippen molar-refractivity contribution in [3.63, 3.8) is 0 Å². The van der Waals surface area contributed by atoms with Crippen LogP contribution in [0.15, 0.2) is 30.3 Å². The predicted octanol–water partition coefficient (Wildman–Crippen LogP) is 4.63. The fourth-order valence-electron chi connectivity index (χ4n) is 2.12. The Balaban J connectivity index is 2.67. The van der Waals surface area contributed by atoms with Crippen molar-refractivity contribution in [1.82, 2.24) is 0 Å². The van der Waals surface area contributed by atoms with Crippen molar-refractivity contribution in [3.8, 4) is 11.1 Å². The minimum atomic E-state index is -0.912. The van der Waals surface area contributed by atoms with Gasteiger partial charge in [-0.25, -0.2) is 4.79 Å². The standard InChI is InChI=1S/C16H15ClO2/c1-9-4-5-12(16(18)19)8-14(9)13-6-11(3)15(17)7-10(13)2/h4-8H,1-3H3,(H,18,19). The zero-order valence-corrected chi connectivity index (χ0v) is 11.9. The van der Waals surface area contributed by atoms with Gasteiger partial charge in [0.25, 0.3) is 0 Å². The van der Waals surface area contributed by atoms with E-state index in [0.29, 0.717) is 5.56 Å². The second-order valence-electron chi connectivity index (χ2n) is 4.75. The highest BCUT2D eigenvalue weighted by atomic mass is 35.5. The van der Waals surface area contributed by atoms with E-state index < -0.39 is 5.97 Å². The first-order valence-corrected chi connectivity index (χ1v) is 6.39. The van der Waals surface area contributed by atoms with Crippen molar-refractivity contribution in [2.24, 2.45) is 0 Å². The molecule has 19 heavy (non-hydrogen) atoms. The number of halogens is 1. The molecule has 3 heteroatoms. The zero-order valence-electron chi connectivity index (χ0n) is 11.1. The summed E-state index contributed by atoms with van der Waals surface area (Å²) >= 11 is 6.10. The summed E-state index contributed by atoms with van der Waals surface area (Å²) in [5.74, 6) is -0.912. The van der Waals surface area contributed by atoms with Crippen LogP contribution in [0.5, 0.6) is 0 Å². The van der Waals surface area contributed by atoms with Gasteiger partial charge in [0.2, 0.25) is 0 Å². The van der Waals surface area contributed by atoms with Crippen molar-refractivity contribution < 1.29 is 9.90 Å². The van der Waals surface area contributed by atoms with Crippen LogP contribution in [0, 0.1) is 20.8 Å². The van der Waals surface area contributed by atoms with E-state index in [1.807, 2.05) is 39.0 Å². The maximum absolute atomic E-state index is 11.1. The van der Waals surface area contributed by atoms with Gasteiger partial charge in [-0.3, -0.25) is 0 Å². The third-order valence-corrected chi connectivity index (χ3v) is 3.69. The summed E-state index contributed by atoms with van der Waals surface area (Å²) in [7, 11) is 0. The zero-order chi connectivity index (χ0) is 14.2. The highest BCUT2D eigenvalue weighted by Gasteiger charge is 2.11. The van der Waals surface area contributed by atoms with Crippen LogP contribution >= 0.6 is 11.6 Å². The van der Waals surface area contributed by atoms with E-state index in [4.69, 9.17) is 16.7 Å². The lowest BCUT2D eigenvalue weighted by molar-refractivity contribution is 0.0697. The Bertz CT molecular complexity index is 660. The van der Waals surface area contributed by atoms with E-state index in [2.05, 4.69) is 0 Å². The first kappa shape index (κ1) is 13.6. The van der Waals surface area contributed by atoms with Crippen LogP contribution < -0.4 is 0 Å². The van der Waals surface area contributed by atoms with Crippen LogP contribution in [0.3, 0.4) is 0 Å². The maximum Gasteiger partial charge on any atom is 0.335 e. The van der Waals surface area contributed by atoms with Crippen molar-refractivity contribution >= 4 is 17.6 Å². The largest absolute Gasteiger partial charge is 0.478 e. The second-order valence-corrected chi connectivity index (χ2v) is 5.16. The van der Waals surface area contributed by atoms with Crippen LogP contribution in [0.2, 0.25) is 5.02 Å². The second kappa shape index (κ2) is 5.06. The Kier molecular flexibility index (Phi) is 3.63. The number of hydrogen-bond donors (Lipinski definition) is 1. The van der Waals surface area contributed by atoms with Gasteiger partial charge in [0, 0.05) is 5.02 Å². The van der Waals surface area contributed by atoms with Gasteiger partial charge in [-0.2, -0.15) is 0 Å². The third-order valence-electron chi connectivity index (χ3n) is 3.28. The third kappa shape index (κ3) is 2.64. The first-order chi connectivity index (χ1) is 8.90. The summed E-state index contributed by atoms with van der Waals surface area (Å²) in [6.45, 7) is 5.90. The number of carboxylic acid groups (broad SMARTS) is 1. The smallest absolute Gasteiger partial charge is 0.335 e. The summed E-state index contributed by atoms with van der Waals surface area (Å²) in [5.41, 5.74) is 5.35. The van der Waals surface area contributed by atoms with Crippen molar-refractivity contribution in [2.75, 3.05) is 0 Å². The average molecular weight is 275 g/mol. The molecule has 0 fully saturated rings. The Morgan fingerprint density at radius 2 is 1.58 bits per heavy atom. The first-order valence-electron chi connectivity index (χ1n) is 6.01. The van der Waals surface area contributed by atoms with Crippen LogP contribution in [0.25, 0.3) is 11.1 Å². The molecule has 2 aromatic rings. The monoisotopic (exact) mass is 274 g/mol. The number of benzene rings is 2. The highest BCUT2D eigenvalue weighted by Crippen LogP contribution is 2.31. The van der Waals surface area contributed by atoms with Crippen molar-refractivity contribution in [1.29, 1.82) is 0 Å². The molecule has 0 heterocycles. The molecule has 0 spiro atoms. The molecular formula is C16H15ClO2. The molecule has 2 aromatic carbocycles. The molecule has 0 aliphatic carbocycles. The molecular weight excluding hydrogens is 260 g/mol. The van der Waals surface area contributed by atoms with Gasteiger partial charge >= 0.3 is 5.97 Å². The number of aryl methyl sites for hydroxylation is 3. The lowest BCUT2D eigenvalue weighted by Crippen LogP contribution is -1.98. The molecule has 0 aliphatic rings. The molecule has 0 radical (unpaired) electrons. The quantitative estimate of drug-likeness (QED) is 0.867. The van der Waals surface area contributed by atoms with E-state index in [-0.39, 0.29) is 0 Å². The molecule has 0 bridgehead atoms. The lowest BCUT2D eigenvalue weighted by Gasteiger charge is -2.12. The summed E-state index contributed by atoms with van der Waals surface area (Å²) in [5, 5.41) is 9.82. The molecule has 2 rings (SSSR count). The lowest BCUT2D eigenvalue weighted by atomic mass is 9.93. The minimum Gasteiger partial charge on any atom is -0.478 e. The van der Waals surface area contributed by atoms with E-state index in [1.54, 1.807) is 12.1 Å². The van der Waals surface area contributed by atoms with Gasteiger partial charge in [-0.05, 0) is 72.9 Å². The average Bonchev–Trinajstić information content (AvgIpc) is 2.34. The summed E-state index contributed by atoms with van der Waals surface area (Å²) in [6.07, 6.45) is 0. The summed E-state index contributed by atoms with van der Waals surface area (Å²) in [4.78, 5) is 11.1. The molecule has 0 saturated heterocycles. The van der Waals surface area contributed by atoms with Crippen molar-refractivity contribution in [3.05, 3.63) is 57.6 Å². The molecule has 0 amide bonds. The number of hydrogen-bond acceptors (Lipinski definition) is 1. The Hall–Kier alpha value is -1.80. The minimum absolute atomic E-state index is 0.299. The summed E-state index contributed by atoms with van der Waals surface area (Å²) < 4.78 is 0. The number of carbonyl (C=O) groups is 1. The van der Waals surface area contributed by atoms with Crippen molar-refractivity contribution in [2.45, 2.75) is 20.8 Å². The Labute approximate surface area is 117 Å². The Morgan fingerprint density at radius 3 is 2.21 bits per heavy atom. The van der Waals surface area contributed by atoms with Crippen LogP contribution in [-0.4, -0.2) is 11.1 Å². The molecule has 0 saturated carbocycles.